The van der Waals surface area contributed by atoms with Gasteiger partial charge in [0.15, 0.2) is 12.9 Å². The van der Waals surface area contributed by atoms with Crippen LogP contribution in [0.5, 0.6) is 11.5 Å². The number of methoxy groups -OCH3 is 1. The number of anilines is 2. The molecule has 2 N–H and O–H groups in total. The van der Waals surface area contributed by atoms with Crippen LogP contribution in [-0.4, -0.2) is 31.8 Å². The van der Waals surface area contributed by atoms with Crippen molar-refractivity contribution in [1.82, 2.24) is 0 Å². The number of carbonyl (C=O) groups excluding carboxylic acids is 3. The van der Waals surface area contributed by atoms with E-state index in [1.807, 2.05) is 0 Å². The zero-order valence-corrected chi connectivity index (χ0v) is 17.8. The van der Waals surface area contributed by atoms with Gasteiger partial charge in [-0.15, -0.1) is 0 Å². The van der Waals surface area contributed by atoms with Crippen LogP contribution in [0, 0.1) is 0 Å². The van der Waals surface area contributed by atoms with Gasteiger partial charge < -0.3 is 20.1 Å². The molecule has 0 unspecified atom stereocenters. The maximum Gasteiger partial charge on any atom is 0.416 e. The highest BCUT2D eigenvalue weighted by molar-refractivity contribution is 6.05. The number of rotatable bonds is 8. The maximum atomic E-state index is 12.9. The lowest BCUT2D eigenvalue weighted by Crippen LogP contribution is -2.21. The summed E-state index contributed by atoms with van der Waals surface area (Å²) in [6.45, 7) is -0.409. The van der Waals surface area contributed by atoms with Crippen molar-refractivity contribution in [3.8, 4) is 11.5 Å². The first-order chi connectivity index (χ1) is 16.2. The number of aldehydes is 1. The van der Waals surface area contributed by atoms with Gasteiger partial charge in [-0.25, -0.2) is 0 Å². The molecule has 176 valence electrons. The third kappa shape index (κ3) is 6.35. The Hall–Kier alpha value is -4.34. The Morgan fingerprint density at radius 3 is 2.32 bits per heavy atom. The molecular weight excluding hydrogens is 453 g/mol. The zero-order valence-electron chi connectivity index (χ0n) is 17.8. The average Bonchev–Trinajstić information content (AvgIpc) is 2.82. The normalized spacial score (nSPS) is 10.8. The quantitative estimate of drug-likeness (QED) is 0.460. The summed E-state index contributed by atoms with van der Waals surface area (Å²) in [5.74, 6) is -0.553. The van der Waals surface area contributed by atoms with Crippen molar-refractivity contribution in [3.63, 3.8) is 0 Å². The number of ether oxygens (including phenoxy) is 2. The fourth-order valence-electron chi connectivity index (χ4n) is 2.93. The lowest BCUT2D eigenvalue weighted by atomic mass is 10.1. The van der Waals surface area contributed by atoms with Crippen molar-refractivity contribution in [2.24, 2.45) is 0 Å². The van der Waals surface area contributed by atoms with Crippen LogP contribution in [0.1, 0.15) is 26.3 Å². The van der Waals surface area contributed by atoms with Crippen LogP contribution >= 0.6 is 0 Å². The number of hydrogen-bond donors (Lipinski definition) is 2. The van der Waals surface area contributed by atoms with Gasteiger partial charge in [-0.3, -0.25) is 14.4 Å². The van der Waals surface area contributed by atoms with Gasteiger partial charge in [0.1, 0.15) is 11.5 Å². The molecule has 3 aromatic carbocycles. The Labute approximate surface area is 192 Å². The Balaban J connectivity index is 1.62. The molecule has 0 aliphatic heterocycles. The third-order valence-electron chi connectivity index (χ3n) is 4.56. The predicted molar refractivity (Wildman–Crippen MR) is 118 cm³/mol. The fourth-order valence-corrected chi connectivity index (χ4v) is 2.93. The highest BCUT2D eigenvalue weighted by Crippen LogP contribution is 2.30. The highest BCUT2D eigenvalue weighted by Gasteiger charge is 2.30. The van der Waals surface area contributed by atoms with Crippen LogP contribution in [-0.2, 0) is 11.0 Å². The van der Waals surface area contributed by atoms with Crippen LogP contribution in [0.15, 0.2) is 66.7 Å². The number of halogens is 3. The van der Waals surface area contributed by atoms with E-state index in [0.29, 0.717) is 12.0 Å². The number of nitrogens with one attached hydrogen (secondary N) is 2. The largest absolute Gasteiger partial charge is 0.497 e. The third-order valence-corrected chi connectivity index (χ3v) is 4.56. The lowest BCUT2D eigenvalue weighted by Gasteiger charge is -2.12. The van der Waals surface area contributed by atoms with Gasteiger partial charge in [-0.05, 0) is 54.6 Å². The molecule has 0 saturated heterocycles. The van der Waals surface area contributed by atoms with Gasteiger partial charge in [0.2, 0.25) is 0 Å². The van der Waals surface area contributed by atoms with E-state index in [2.05, 4.69) is 10.6 Å². The van der Waals surface area contributed by atoms with Crippen molar-refractivity contribution < 1.29 is 37.0 Å². The summed E-state index contributed by atoms with van der Waals surface area (Å²) in [7, 11) is 1.45. The van der Waals surface area contributed by atoms with E-state index >= 15 is 0 Å². The maximum absolute atomic E-state index is 12.9. The number of hydrogen-bond acceptors (Lipinski definition) is 5. The Morgan fingerprint density at radius 1 is 0.941 bits per heavy atom. The Kier molecular flexibility index (Phi) is 7.52. The van der Waals surface area contributed by atoms with E-state index in [0.717, 1.165) is 12.1 Å². The summed E-state index contributed by atoms with van der Waals surface area (Å²) in [6, 6.07) is 14.6. The van der Waals surface area contributed by atoms with Crippen molar-refractivity contribution in [2.75, 3.05) is 24.4 Å². The smallest absolute Gasteiger partial charge is 0.416 e. The van der Waals surface area contributed by atoms with Gasteiger partial charge >= 0.3 is 6.18 Å². The molecule has 34 heavy (non-hydrogen) atoms. The van der Waals surface area contributed by atoms with Crippen LogP contribution in [0.3, 0.4) is 0 Å². The highest BCUT2D eigenvalue weighted by atomic mass is 19.4. The van der Waals surface area contributed by atoms with Gasteiger partial charge in [-0.1, -0.05) is 12.1 Å². The van der Waals surface area contributed by atoms with E-state index in [-0.39, 0.29) is 28.3 Å². The second kappa shape index (κ2) is 10.5. The molecule has 0 radical (unpaired) electrons. The second-order valence-corrected chi connectivity index (χ2v) is 6.97. The number of benzene rings is 3. The molecule has 2 amide bonds. The molecular formula is C24H19F3N2O5. The molecule has 0 fully saturated rings. The van der Waals surface area contributed by atoms with Gasteiger partial charge in [0.25, 0.3) is 11.8 Å². The first-order valence-electron chi connectivity index (χ1n) is 9.84. The second-order valence-electron chi connectivity index (χ2n) is 6.97. The van der Waals surface area contributed by atoms with Crippen molar-refractivity contribution in [2.45, 2.75) is 6.18 Å². The van der Waals surface area contributed by atoms with Crippen LogP contribution < -0.4 is 20.1 Å². The van der Waals surface area contributed by atoms with E-state index in [9.17, 15) is 27.6 Å². The molecule has 0 spiro atoms. The fraction of sp³-hybridized carbons (Fsp3) is 0.125. The van der Waals surface area contributed by atoms with Crippen LogP contribution in [0.25, 0.3) is 0 Å². The predicted octanol–water partition coefficient (Wildman–Crippen LogP) is 4.80. The Morgan fingerprint density at radius 2 is 1.65 bits per heavy atom. The van der Waals surface area contributed by atoms with Gasteiger partial charge in [-0.2, -0.15) is 13.2 Å². The molecule has 0 aromatic heterocycles. The molecule has 7 nitrogen and oxygen atoms in total. The lowest BCUT2D eigenvalue weighted by molar-refractivity contribution is -0.137. The SMILES string of the molecule is COc1ccc(OCC(=O)Nc2cccc(C(=O)Nc3cccc(C(F)(F)F)c3)c2)c(C=O)c1. The number of alkyl halides is 3. The molecule has 10 heteroatoms. The average molecular weight is 472 g/mol. The molecule has 0 aliphatic rings. The van der Waals surface area contributed by atoms with E-state index in [1.54, 1.807) is 6.07 Å². The minimum absolute atomic E-state index is 0.0202. The summed E-state index contributed by atoms with van der Waals surface area (Å²) in [5, 5.41) is 4.95. The summed E-state index contributed by atoms with van der Waals surface area (Å²) in [5.41, 5.74) is -0.306. The standard InChI is InChI=1S/C24H19F3N2O5/c1-33-20-8-9-21(16(11-20)13-30)34-14-22(31)28-18-6-2-4-15(10-18)23(32)29-19-7-3-5-17(12-19)24(25,26)27/h2-13H,14H2,1H3,(H,28,31)(H,29,32). The van der Waals surface area contributed by atoms with Gasteiger partial charge in [0, 0.05) is 16.9 Å². The summed E-state index contributed by atoms with van der Waals surface area (Å²) < 4.78 is 49.0. The molecule has 0 atom stereocenters. The first-order valence-corrected chi connectivity index (χ1v) is 9.84. The molecule has 3 rings (SSSR count). The minimum atomic E-state index is -4.54. The topological polar surface area (TPSA) is 93.7 Å². The molecule has 0 aliphatic carbocycles. The van der Waals surface area contributed by atoms with Crippen molar-refractivity contribution in [1.29, 1.82) is 0 Å². The zero-order chi connectivity index (χ0) is 24.7. The van der Waals surface area contributed by atoms with E-state index < -0.39 is 30.2 Å². The van der Waals surface area contributed by atoms with Crippen LogP contribution in [0.2, 0.25) is 0 Å². The Bertz CT molecular complexity index is 1210. The molecule has 3 aromatic rings. The summed E-state index contributed by atoms with van der Waals surface area (Å²) >= 11 is 0. The van der Waals surface area contributed by atoms with Gasteiger partial charge in [0.05, 0.1) is 18.2 Å². The number of carbonyl (C=O) groups is 3. The summed E-state index contributed by atoms with van der Waals surface area (Å²) in [4.78, 5) is 35.9. The van der Waals surface area contributed by atoms with Crippen molar-refractivity contribution in [3.05, 3.63) is 83.4 Å². The minimum Gasteiger partial charge on any atom is -0.497 e. The first kappa shape index (κ1) is 24.3. The monoisotopic (exact) mass is 472 g/mol. The van der Waals surface area contributed by atoms with Crippen LogP contribution in [0.4, 0.5) is 24.5 Å². The van der Waals surface area contributed by atoms with E-state index in [1.165, 1.54) is 55.6 Å². The summed E-state index contributed by atoms with van der Waals surface area (Å²) in [6.07, 6.45) is -3.96. The molecule has 0 bridgehead atoms. The van der Waals surface area contributed by atoms with E-state index in [4.69, 9.17) is 9.47 Å². The number of amides is 2. The molecule has 0 heterocycles. The van der Waals surface area contributed by atoms with Crippen molar-refractivity contribution >= 4 is 29.5 Å². The molecule has 0 saturated carbocycles.